The maximum atomic E-state index is 10.4. The molecular weight excluding hydrogens is 1620 g/mol. The number of fused-ring (bicyclic) bond motifs is 12. The molecule has 25 heteroatoms. The van der Waals surface area contributed by atoms with Crippen molar-refractivity contribution in [2.24, 2.45) is 0 Å². The predicted octanol–water partition coefficient (Wildman–Crippen LogP) is 18.4. The first-order valence-corrected chi connectivity index (χ1v) is 44.1. The number of aryl methyl sites for hydroxylation is 4. The van der Waals surface area contributed by atoms with Gasteiger partial charge in [0.15, 0.2) is 0 Å². The zero-order valence-corrected chi connectivity index (χ0v) is 71.4. The topological polar surface area (TPSA) is 254 Å². The molecular formula is C97H103Cl4N13O8. The van der Waals surface area contributed by atoms with Gasteiger partial charge in [0.2, 0.25) is 0 Å². The molecule has 632 valence electrons. The van der Waals surface area contributed by atoms with E-state index in [1.165, 1.54) is 101 Å². The molecule has 1 aliphatic heterocycles. The summed E-state index contributed by atoms with van der Waals surface area (Å²) >= 11 is 24.9. The van der Waals surface area contributed by atoms with E-state index in [0.29, 0.717) is 56.5 Å². The van der Waals surface area contributed by atoms with Crippen LogP contribution in [0.25, 0.3) is 43.6 Å². The van der Waals surface area contributed by atoms with Gasteiger partial charge in [0.1, 0.15) is 73.8 Å². The quantitative estimate of drug-likeness (QED) is 0.0280. The van der Waals surface area contributed by atoms with Crippen LogP contribution in [-0.2, 0) is 45.3 Å². The van der Waals surface area contributed by atoms with Gasteiger partial charge in [0.05, 0.1) is 32.2 Å². The van der Waals surface area contributed by atoms with Crippen LogP contribution in [0, 0.1) is 0 Å². The summed E-state index contributed by atoms with van der Waals surface area (Å²) in [5, 5.41) is 60.6. The second-order valence-corrected chi connectivity index (χ2v) is 34.7. The van der Waals surface area contributed by atoms with Crippen molar-refractivity contribution < 1.29 is 39.4 Å². The summed E-state index contributed by atoms with van der Waals surface area (Å²) in [7, 11) is 2.14. The molecule has 0 saturated carbocycles. The van der Waals surface area contributed by atoms with Gasteiger partial charge in [0, 0.05) is 174 Å². The first-order chi connectivity index (χ1) is 59.6. The number of imidazole rings is 1. The smallest absolute Gasteiger partial charge is 0.119 e. The zero-order chi connectivity index (χ0) is 83.6. The third kappa shape index (κ3) is 20.3. The molecule has 0 amide bonds. The fourth-order valence-corrected chi connectivity index (χ4v) is 19.1. The molecule has 8 N–H and O–H groups in total. The monoisotopic (exact) mass is 1720 g/mol. The van der Waals surface area contributed by atoms with Gasteiger partial charge in [0.25, 0.3) is 0 Å². The molecule has 122 heavy (non-hydrogen) atoms. The molecule has 15 aromatic rings. The Morgan fingerprint density at radius 3 is 1.05 bits per heavy atom. The van der Waals surface area contributed by atoms with Crippen molar-refractivity contribution in [3.63, 3.8) is 0 Å². The third-order valence-corrected chi connectivity index (χ3v) is 25.4. The maximum Gasteiger partial charge on any atom is 0.119 e. The number of H-pyrrole nitrogens is 4. The van der Waals surface area contributed by atoms with Crippen molar-refractivity contribution in [1.29, 1.82) is 0 Å². The molecule has 0 spiro atoms. The highest BCUT2D eigenvalue weighted by Crippen LogP contribution is 2.46. The minimum atomic E-state index is -0.648. The number of piperazine rings is 1. The number of β-amino-alcohol motifs (C(OH)–C–C–N with tert-alkyl or cyclic N) is 1. The van der Waals surface area contributed by atoms with E-state index in [-0.39, 0.29) is 19.8 Å². The fourth-order valence-electron chi connectivity index (χ4n) is 18.4. The Bertz CT molecular complexity index is 5470. The third-order valence-electron chi connectivity index (χ3n) is 24.4. The van der Waals surface area contributed by atoms with Crippen molar-refractivity contribution in [2.75, 3.05) is 66.2 Å². The van der Waals surface area contributed by atoms with Crippen LogP contribution < -0.4 is 18.9 Å². The molecule has 5 aliphatic rings. The van der Waals surface area contributed by atoms with E-state index in [1.807, 2.05) is 95.8 Å². The summed E-state index contributed by atoms with van der Waals surface area (Å²) in [6.07, 6.45) is 23.2. The summed E-state index contributed by atoms with van der Waals surface area (Å²) in [5.41, 5.74) is 20.6. The molecule has 8 aromatic carbocycles. The van der Waals surface area contributed by atoms with E-state index in [1.54, 1.807) is 40.5 Å². The second-order valence-electron chi connectivity index (χ2n) is 33.0. The van der Waals surface area contributed by atoms with Gasteiger partial charge < -0.3 is 68.8 Å². The first-order valence-electron chi connectivity index (χ1n) is 42.6. The molecule has 1 saturated heterocycles. The van der Waals surface area contributed by atoms with E-state index in [9.17, 15) is 20.4 Å². The molecule has 1 fully saturated rings. The number of likely N-dealkylation sites (N-methyl/N-ethyl adjacent to an activating group) is 1. The molecule has 21 nitrogen and oxygen atoms in total. The number of aliphatic hydroxyl groups is 4. The van der Waals surface area contributed by atoms with Crippen LogP contribution in [0.1, 0.15) is 142 Å². The highest BCUT2D eigenvalue weighted by Gasteiger charge is 2.31. The minimum absolute atomic E-state index is 0.204. The molecule has 20 rings (SSSR count). The number of halogens is 4. The molecule has 0 bridgehead atoms. The zero-order valence-electron chi connectivity index (χ0n) is 68.3. The number of rotatable bonds is 24. The van der Waals surface area contributed by atoms with Gasteiger partial charge in [-0.15, -0.1) is 5.10 Å². The Morgan fingerprint density at radius 1 is 0.385 bits per heavy atom. The Morgan fingerprint density at radius 2 is 0.730 bits per heavy atom. The second kappa shape index (κ2) is 39.0. The molecule has 8 heterocycles. The SMILES string of the molecule is CN1CCN(CC(O)COc2ccc(C3CCCc4c3[nH]c3ccc(Cl)cc43)cc2)CC1.OC(COc1ccc(C2CCCc3c2[nH]c2ccc(Cl)cc32)cc1)Cn1cccn1.OC(COc1ccc(C2CCCc3c2[nH]c2ccc(Cl)cc32)cc1)Cn1ccnc1.OC(COc1ccc(C2CCCc3c2[nH]c2ccc(Cl)cc32)cc1)Cn1ccnn1. The van der Waals surface area contributed by atoms with Crippen LogP contribution in [-0.4, -0.2) is 175 Å². The summed E-state index contributed by atoms with van der Waals surface area (Å²) in [6, 6.07) is 59.3. The first kappa shape index (κ1) is 83.8. The van der Waals surface area contributed by atoms with Crippen LogP contribution in [0.4, 0.5) is 0 Å². The van der Waals surface area contributed by atoms with Crippen LogP contribution in [0.5, 0.6) is 23.0 Å². The van der Waals surface area contributed by atoms with Crippen LogP contribution >= 0.6 is 46.4 Å². The number of nitrogens with zero attached hydrogens (tertiary/aromatic N) is 9. The average Bonchev–Trinajstić information content (AvgIpc) is 1.64. The summed E-state index contributed by atoms with van der Waals surface area (Å²) in [4.78, 5) is 23.2. The van der Waals surface area contributed by atoms with Crippen molar-refractivity contribution in [1.82, 2.24) is 64.1 Å². The minimum Gasteiger partial charge on any atom is -0.491 e. The highest BCUT2D eigenvalue weighted by atomic mass is 35.5. The van der Waals surface area contributed by atoms with Gasteiger partial charge >= 0.3 is 0 Å². The lowest BCUT2D eigenvalue weighted by Gasteiger charge is -2.33. The van der Waals surface area contributed by atoms with E-state index >= 15 is 0 Å². The average molecular weight is 1720 g/mol. The number of hydrogen-bond donors (Lipinski definition) is 8. The van der Waals surface area contributed by atoms with Crippen LogP contribution in [0.2, 0.25) is 20.1 Å². The van der Waals surface area contributed by atoms with Crippen molar-refractivity contribution in [3.8, 4) is 23.0 Å². The van der Waals surface area contributed by atoms with E-state index < -0.39 is 24.4 Å². The van der Waals surface area contributed by atoms with Crippen LogP contribution in [0.15, 0.2) is 219 Å². The predicted molar refractivity (Wildman–Crippen MR) is 483 cm³/mol. The number of ether oxygens (including phenoxy) is 4. The normalized spacial score (nSPS) is 18.1. The van der Waals surface area contributed by atoms with Gasteiger partial charge in [-0.2, -0.15) is 5.10 Å². The van der Waals surface area contributed by atoms with Gasteiger partial charge in [-0.1, -0.05) is 100 Å². The van der Waals surface area contributed by atoms with Gasteiger partial charge in [-0.25, -0.2) is 9.67 Å². The number of hydrogen-bond acceptors (Lipinski definition) is 14. The van der Waals surface area contributed by atoms with Crippen molar-refractivity contribution in [3.05, 3.63) is 307 Å². The van der Waals surface area contributed by atoms with Gasteiger partial charge in [-0.05, 0) is 256 Å². The number of benzene rings is 8. The lowest BCUT2D eigenvalue weighted by atomic mass is 9.82. The number of aliphatic hydroxyl groups excluding tert-OH is 4. The van der Waals surface area contributed by atoms with Crippen molar-refractivity contribution in [2.45, 2.75) is 145 Å². The Kier molecular flexibility index (Phi) is 26.8. The number of aromatic amines is 4. The van der Waals surface area contributed by atoms with Crippen molar-refractivity contribution >= 4 is 90.0 Å². The lowest BCUT2D eigenvalue weighted by Crippen LogP contribution is -2.47. The number of aromatic nitrogens is 11. The standard InChI is InChI=1S/C26H32ClN3O2.2C24H24ClN3O2.C23H23ClN4O2/c1-29-11-13-30(14-12-29)16-20(31)17-32-21-8-5-18(6-9-21)22-3-2-4-23-24-15-19(27)7-10-25(24)28-26(22)23;25-17-7-10-23-22(13-17)21-4-1-3-20(24(21)27-23)16-5-8-19(9-6-16)30-15-18(29)14-28-12-2-11-26-28;25-17-6-9-23-22(12-17)21-3-1-2-20(24(21)27-23)16-4-7-19(8-5-16)30-14-18(29)13-28-11-10-26-15-28;24-16-6-9-22-21(12-16)20-3-1-2-19(23(20)26-22)15-4-7-18(8-5-15)30-14-17(29)13-28-11-10-25-27-28/h5-10,15,20,22,28,31H,2-4,11-14,16-17H2,1H3;2,5-13,18,20,27,29H,1,3-4,14-15H2;4-12,15,18,20,27,29H,1-3,13-14H2;4-12,17,19,26,29H,1-3,13-14H2. The van der Waals surface area contributed by atoms with E-state index in [4.69, 9.17) is 65.4 Å². The fraction of sp³-hybridized carbons (Fsp3) is 0.340. The number of nitrogens with one attached hydrogen (secondary N) is 4. The lowest BCUT2D eigenvalue weighted by molar-refractivity contribution is 0.0505. The Hall–Kier alpha value is -10.4. The van der Waals surface area contributed by atoms with E-state index in [2.05, 4.69) is 154 Å². The Labute approximate surface area is 729 Å². The molecule has 4 aliphatic carbocycles. The molecule has 0 radical (unpaired) electrons. The molecule has 7 aromatic heterocycles. The Balaban J connectivity index is 0.000000116. The summed E-state index contributed by atoms with van der Waals surface area (Å²) < 4.78 is 28.3. The van der Waals surface area contributed by atoms with Gasteiger partial charge in [-0.3, -0.25) is 9.58 Å². The van der Waals surface area contributed by atoms with Crippen LogP contribution in [0.3, 0.4) is 0 Å². The van der Waals surface area contributed by atoms with E-state index in [0.717, 1.165) is 156 Å². The highest BCUT2D eigenvalue weighted by molar-refractivity contribution is 6.32. The summed E-state index contributed by atoms with van der Waals surface area (Å²) in [6.45, 7) is 7.03. The largest absolute Gasteiger partial charge is 0.491 e. The molecule has 8 unspecified atom stereocenters. The maximum absolute atomic E-state index is 10.4. The summed E-state index contributed by atoms with van der Waals surface area (Å²) in [5.74, 6) is 4.48. The molecule has 8 atom stereocenters.